The number of carbonyl (C=O) groups is 1. The molecule has 4 heteroatoms. The highest BCUT2D eigenvalue weighted by Crippen LogP contribution is 2.11. The lowest BCUT2D eigenvalue weighted by atomic mass is 10.1. The molecule has 18 heavy (non-hydrogen) atoms. The fourth-order valence-corrected chi connectivity index (χ4v) is 1.96. The second-order valence-electron chi connectivity index (χ2n) is 4.28. The predicted octanol–water partition coefficient (Wildman–Crippen LogP) is 2.50. The Morgan fingerprint density at radius 2 is 1.89 bits per heavy atom. The molecule has 0 aliphatic carbocycles. The Morgan fingerprint density at radius 1 is 1.28 bits per heavy atom. The van der Waals surface area contributed by atoms with Crippen LogP contribution >= 0.6 is 0 Å². The van der Waals surface area contributed by atoms with E-state index in [9.17, 15) is 4.79 Å². The molecule has 1 N–H and O–H groups in total. The van der Waals surface area contributed by atoms with Crippen LogP contribution in [0.4, 0.5) is 0 Å². The number of aromatic carboxylic acids is 1. The minimum absolute atomic E-state index is 0.259. The van der Waals surface area contributed by atoms with Crippen molar-refractivity contribution in [2.45, 2.75) is 26.8 Å². The lowest BCUT2D eigenvalue weighted by molar-refractivity contribution is 0.0685. The average Bonchev–Trinajstić information content (AvgIpc) is 2.71. The number of carboxylic acids is 1. The monoisotopic (exact) mass is 244 g/mol. The molecule has 0 spiro atoms. The first-order chi connectivity index (χ1) is 8.61. The van der Waals surface area contributed by atoms with Crippen molar-refractivity contribution in [1.29, 1.82) is 0 Å². The Balaban J connectivity index is 2.25. The summed E-state index contributed by atoms with van der Waals surface area (Å²) < 4.78 is 1.67. The standard InChI is InChI=1S/C14H16N2O2/c1-3-11-4-6-12(7-5-11)8-16-9-15-10(2)13(16)14(17)18/h4-7,9H,3,8H2,1-2H3,(H,17,18). The molecule has 2 aromatic rings. The molecule has 0 amide bonds. The molecule has 0 radical (unpaired) electrons. The molecule has 0 saturated carbocycles. The molecule has 0 bridgehead atoms. The summed E-state index contributed by atoms with van der Waals surface area (Å²) in [6.07, 6.45) is 2.58. The highest BCUT2D eigenvalue weighted by Gasteiger charge is 2.14. The van der Waals surface area contributed by atoms with E-state index in [4.69, 9.17) is 5.11 Å². The van der Waals surface area contributed by atoms with Crippen molar-refractivity contribution in [2.75, 3.05) is 0 Å². The van der Waals surface area contributed by atoms with Crippen LogP contribution in [-0.2, 0) is 13.0 Å². The van der Waals surface area contributed by atoms with Crippen molar-refractivity contribution in [1.82, 2.24) is 9.55 Å². The van der Waals surface area contributed by atoms with Gasteiger partial charge in [0.05, 0.1) is 12.0 Å². The van der Waals surface area contributed by atoms with Gasteiger partial charge in [0.25, 0.3) is 0 Å². The van der Waals surface area contributed by atoms with E-state index in [0.29, 0.717) is 12.2 Å². The summed E-state index contributed by atoms with van der Waals surface area (Å²) in [5, 5.41) is 9.13. The molecule has 1 heterocycles. The Morgan fingerprint density at radius 3 is 2.44 bits per heavy atom. The molecule has 4 nitrogen and oxygen atoms in total. The van der Waals surface area contributed by atoms with E-state index >= 15 is 0 Å². The average molecular weight is 244 g/mol. The van der Waals surface area contributed by atoms with Crippen molar-refractivity contribution in [3.63, 3.8) is 0 Å². The number of aromatic nitrogens is 2. The molecule has 0 fully saturated rings. The fourth-order valence-electron chi connectivity index (χ4n) is 1.96. The quantitative estimate of drug-likeness (QED) is 0.899. The van der Waals surface area contributed by atoms with Gasteiger partial charge in [-0.05, 0) is 24.5 Å². The number of aryl methyl sites for hydroxylation is 2. The molecular formula is C14H16N2O2. The first kappa shape index (κ1) is 12.4. The van der Waals surface area contributed by atoms with E-state index in [1.807, 2.05) is 12.1 Å². The van der Waals surface area contributed by atoms with Gasteiger partial charge in [-0.15, -0.1) is 0 Å². The molecular weight excluding hydrogens is 228 g/mol. The van der Waals surface area contributed by atoms with E-state index in [1.54, 1.807) is 17.8 Å². The zero-order valence-electron chi connectivity index (χ0n) is 10.6. The zero-order chi connectivity index (χ0) is 13.1. The third-order valence-electron chi connectivity index (χ3n) is 3.01. The first-order valence-corrected chi connectivity index (χ1v) is 5.94. The molecule has 94 valence electrons. The van der Waals surface area contributed by atoms with E-state index in [-0.39, 0.29) is 5.69 Å². The summed E-state index contributed by atoms with van der Waals surface area (Å²) in [4.78, 5) is 15.2. The predicted molar refractivity (Wildman–Crippen MR) is 68.8 cm³/mol. The van der Waals surface area contributed by atoms with Crippen LogP contribution in [0.25, 0.3) is 0 Å². The summed E-state index contributed by atoms with van der Waals surface area (Å²) in [7, 11) is 0. The normalized spacial score (nSPS) is 10.6. The number of rotatable bonds is 4. The highest BCUT2D eigenvalue weighted by atomic mass is 16.4. The first-order valence-electron chi connectivity index (χ1n) is 5.94. The third-order valence-corrected chi connectivity index (χ3v) is 3.01. The highest BCUT2D eigenvalue weighted by molar-refractivity contribution is 5.86. The topological polar surface area (TPSA) is 55.1 Å². The Kier molecular flexibility index (Phi) is 3.46. The van der Waals surface area contributed by atoms with Gasteiger partial charge in [-0.25, -0.2) is 9.78 Å². The molecule has 0 atom stereocenters. The molecule has 1 aromatic carbocycles. The fraction of sp³-hybridized carbons (Fsp3) is 0.286. The second-order valence-corrected chi connectivity index (χ2v) is 4.28. The van der Waals surface area contributed by atoms with Gasteiger partial charge in [-0.3, -0.25) is 0 Å². The Labute approximate surface area is 106 Å². The van der Waals surface area contributed by atoms with Gasteiger partial charge >= 0.3 is 5.97 Å². The summed E-state index contributed by atoms with van der Waals surface area (Å²) in [6.45, 7) is 4.35. The summed E-state index contributed by atoms with van der Waals surface area (Å²) in [5.41, 5.74) is 3.16. The van der Waals surface area contributed by atoms with E-state index < -0.39 is 5.97 Å². The van der Waals surface area contributed by atoms with Crippen molar-refractivity contribution >= 4 is 5.97 Å². The summed E-state index contributed by atoms with van der Waals surface area (Å²) >= 11 is 0. The number of imidazole rings is 1. The van der Waals surface area contributed by atoms with Crippen molar-refractivity contribution in [3.05, 3.63) is 53.1 Å². The lowest BCUT2D eigenvalue weighted by Gasteiger charge is -2.06. The largest absolute Gasteiger partial charge is 0.477 e. The van der Waals surface area contributed by atoms with Gasteiger partial charge in [0.15, 0.2) is 0 Å². The third kappa shape index (κ3) is 2.42. The Bertz CT molecular complexity index is 556. The number of hydrogen-bond acceptors (Lipinski definition) is 2. The summed E-state index contributed by atoms with van der Waals surface area (Å²) in [6, 6.07) is 8.19. The maximum Gasteiger partial charge on any atom is 0.354 e. The van der Waals surface area contributed by atoms with Crippen LogP contribution in [0, 0.1) is 6.92 Å². The van der Waals surface area contributed by atoms with Gasteiger partial charge < -0.3 is 9.67 Å². The van der Waals surface area contributed by atoms with Crippen LogP contribution in [0.1, 0.15) is 34.2 Å². The van der Waals surface area contributed by atoms with Gasteiger partial charge in [-0.1, -0.05) is 31.2 Å². The van der Waals surface area contributed by atoms with Crippen LogP contribution in [0.5, 0.6) is 0 Å². The van der Waals surface area contributed by atoms with E-state index in [0.717, 1.165) is 12.0 Å². The summed E-state index contributed by atoms with van der Waals surface area (Å²) in [5.74, 6) is -0.935. The molecule has 1 aromatic heterocycles. The van der Waals surface area contributed by atoms with Crippen molar-refractivity contribution < 1.29 is 9.90 Å². The van der Waals surface area contributed by atoms with Gasteiger partial charge in [0.2, 0.25) is 0 Å². The number of carboxylic acid groups (broad SMARTS) is 1. The Hall–Kier alpha value is -2.10. The van der Waals surface area contributed by atoms with Gasteiger partial charge in [0, 0.05) is 6.54 Å². The van der Waals surface area contributed by atoms with Crippen molar-refractivity contribution in [2.24, 2.45) is 0 Å². The molecule has 2 rings (SSSR count). The van der Waals surface area contributed by atoms with Gasteiger partial charge in [0.1, 0.15) is 5.69 Å². The second kappa shape index (κ2) is 5.04. The molecule has 0 aliphatic rings. The van der Waals surface area contributed by atoms with E-state index in [1.165, 1.54) is 5.56 Å². The number of nitrogens with zero attached hydrogens (tertiary/aromatic N) is 2. The number of benzene rings is 1. The SMILES string of the molecule is CCc1ccc(Cn2cnc(C)c2C(=O)O)cc1. The number of hydrogen-bond donors (Lipinski definition) is 1. The molecule has 0 aliphatic heterocycles. The molecule has 0 unspecified atom stereocenters. The molecule has 0 saturated heterocycles. The van der Waals surface area contributed by atoms with Crippen LogP contribution in [0.3, 0.4) is 0 Å². The van der Waals surface area contributed by atoms with Crippen LogP contribution in [0.2, 0.25) is 0 Å². The zero-order valence-corrected chi connectivity index (χ0v) is 10.6. The minimum Gasteiger partial charge on any atom is -0.477 e. The van der Waals surface area contributed by atoms with Gasteiger partial charge in [-0.2, -0.15) is 0 Å². The smallest absolute Gasteiger partial charge is 0.354 e. The van der Waals surface area contributed by atoms with Crippen LogP contribution in [-0.4, -0.2) is 20.6 Å². The maximum atomic E-state index is 11.1. The van der Waals surface area contributed by atoms with E-state index in [2.05, 4.69) is 24.0 Å². The lowest BCUT2D eigenvalue weighted by Crippen LogP contribution is -2.10. The minimum atomic E-state index is -0.935. The van der Waals surface area contributed by atoms with Crippen LogP contribution < -0.4 is 0 Å². The van der Waals surface area contributed by atoms with Crippen molar-refractivity contribution in [3.8, 4) is 0 Å². The maximum absolute atomic E-state index is 11.1. The van der Waals surface area contributed by atoms with Crippen LogP contribution in [0.15, 0.2) is 30.6 Å².